The minimum Gasteiger partial charge on any atom is -0.480 e. The van der Waals surface area contributed by atoms with Crippen molar-refractivity contribution < 1.29 is 19.5 Å². The quantitative estimate of drug-likeness (QED) is 0.722. The summed E-state index contributed by atoms with van der Waals surface area (Å²) in [6.45, 7) is 1.47. The maximum atomic E-state index is 12.3. The van der Waals surface area contributed by atoms with Gasteiger partial charge in [-0.05, 0) is 23.3 Å². The molecule has 0 aromatic heterocycles. The smallest absolute Gasteiger partial charge is 0.324 e. The van der Waals surface area contributed by atoms with Crippen LogP contribution in [0, 0.1) is 11.8 Å². The molecule has 0 spiro atoms. The number of hydrogen-bond donors (Lipinski definition) is 3. The fraction of sp³-hybridized carbons (Fsp3) is 0.278. The first-order chi connectivity index (χ1) is 11.4. The third-order valence-corrected chi connectivity index (χ3v) is 5.23. The number of rotatable bonds is 2. The normalized spacial score (nSPS) is 32.0. The van der Waals surface area contributed by atoms with Gasteiger partial charge in [-0.2, -0.15) is 0 Å². The molecule has 2 aliphatic heterocycles. The Kier molecular flexibility index (Phi) is 3.02. The lowest BCUT2D eigenvalue weighted by Crippen LogP contribution is -2.52. The van der Waals surface area contributed by atoms with E-state index in [9.17, 15) is 19.5 Å². The van der Waals surface area contributed by atoms with Crippen molar-refractivity contribution >= 4 is 28.6 Å². The van der Waals surface area contributed by atoms with Crippen molar-refractivity contribution in [1.29, 1.82) is 0 Å². The van der Waals surface area contributed by atoms with Crippen molar-refractivity contribution in [2.45, 2.75) is 18.5 Å². The zero-order valence-corrected chi connectivity index (χ0v) is 12.9. The molecule has 6 heteroatoms. The molecule has 2 aromatic rings. The van der Waals surface area contributed by atoms with Crippen molar-refractivity contribution in [3.8, 4) is 0 Å². The predicted octanol–water partition coefficient (Wildman–Crippen LogP) is 1.22. The van der Waals surface area contributed by atoms with Gasteiger partial charge in [0, 0.05) is 6.04 Å². The second-order valence-electron chi connectivity index (χ2n) is 6.55. The summed E-state index contributed by atoms with van der Waals surface area (Å²) in [7, 11) is 0. The largest absolute Gasteiger partial charge is 0.480 e. The zero-order chi connectivity index (χ0) is 17.1. The summed E-state index contributed by atoms with van der Waals surface area (Å²) in [6.07, 6.45) is 0. The molecule has 6 nitrogen and oxygen atoms in total. The van der Waals surface area contributed by atoms with E-state index in [1.165, 1.54) is 6.92 Å². The summed E-state index contributed by atoms with van der Waals surface area (Å²) >= 11 is 0. The van der Waals surface area contributed by atoms with E-state index in [0.29, 0.717) is 0 Å². The fourth-order valence-corrected chi connectivity index (χ4v) is 4.05. The van der Waals surface area contributed by atoms with Crippen LogP contribution in [0.2, 0.25) is 0 Å². The van der Waals surface area contributed by atoms with Crippen LogP contribution >= 0.6 is 0 Å². The van der Waals surface area contributed by atoms with E-state index in [1.54, 1.807) is 0 Å². The van der Waals surface area contributed by atoms with E-state index in [0.717, 1.165) is 16.3 Å². The lowest BCUT2D eigenvalue weighted by atomic mass is 9.80. The highest BCUT2D eigenvalue weighted by atomic mass is 16.4. The van der Waals surface area contributed by atoms with Gasteiger partial charge in [0.2, 0.25) is 11.8 Å². The number of fused-ring (bicyclic) bond motifs is 2. The Balaban J connectivity index is 1.91. The number of imide groups is 1. The van der Waals surface area contributed by atoms with Crippen LogP contribution in [-0.2, 0) is 14.4 Å². The molecular formula is C18H16N2O4. The SMILES string of the molecule is CC1(C(=O)O)NC(c2cccc3ccccc23)C2C(=O)NC(=O)C21. The summed E-state index contributed by atoms with van der Waals surface area (Å²) < 4.78 is 0. The molecule has 2 heterocycles. The molecule has 0 saturated carbocycles. The van der Waals surface area contributed by atoms with Crippen molar-refractivity contribution in [3.05, 3.63) is 48.0 Å². The average molecular weight is 324 g/mol. The van der Waals surface area contributed by atoms with E-state index >= 15 is 0 Å². The molecule has 4 unspecified atom stereocenters. The van der Waals surface area contributed by atoms with E-state index in [1.807, 2.05) is 42.5 Å². The van der Waals surface area contributed by atoms with Gasteiger partial charge in [0.15, 0.2) is 0 Å². The first-order valence-electron chi connectivity index (χ1n) is 7.77. The van der Waals surface area contributed by atoms with Gasteiger partial charge in [-0.1, -0.05) is 42.5 Å². The van der Waals surface area contributed by atoms with Gasteiger partial charge in [0.25, 0.3) is 0 Å². The average Bonchev–Trinajstić information content (AvgIpc) is 3.04. The lowest BCUT2D eigenvalue weighted by Gasteiger charge is -2.25. The summed E-state index contributed by atoms with van der Waals surface area (Å²) in [4.78, 5) is 36.3. The van der Waals surface area contributed by atoms with Gasteiger partial charge in [-0.15, -0.1) is 0 Å². The molecular weight excluding hydrogens is 308 g/mol. The van der Waals surface area contributed by atoms with Crippen LogP contribution in [0.25, 0.3) is 10.8 Å². The van der Waals surface area contributed by atoms with Crippen molar-refractivity contribution in [3.63, 3.8) is 0 Å². The molecule has 2 aliphatic rings. The molecule has 0 aliphatic carbocycles. The molecule has 2 fully saturated rings. The Hall–Kier alpha value is -2.73. The number of amides is 2. The van der Waals surface area contributed by atoms with Crippen molar-refractivity contribution in [1.82, 2.24) is 10.6 Å². The topological polar surface area (TPSA) is 95.5 Å². The lowest BCUT2D eigenvalue weighted by molar-refractivity contribution is -0.148. The Bertz CT molecular complexity index is 888. The number of carbonyl (C=O) groups is 3. The van der Waals surface area contributed by atoms with Crippen molar-refractivity contribution in [2.24, 2.45) is 11.8 Å². The monoisotopic (exact) mass is 324 g/mol. The molecule has 0 bridgehead atoms. The highest BCUT2D eigenvalue weighted by molar-refractivity contribution is 6.09. The zero-order valence-electron chi connectivity index (χ0n) is 12.9. The standard InChI is InChI=1S/C18H16N2O4/c1-18(17(23)24)13-12(15(21)19-16(13)22)14(20-18)11-8-4-6-9-5-2-3-7-10(9)11/h2-8,12-14,20H,1H3,(H,23,24)(H,19,21,22). The van der Waals surface area contributed by atoms with E-state index in [-0.39, 0.29) is 0 Å². The van der Waals surface area contributed by atoms with Crippen LogP contribution < -0.4 is 10.6 Å². The number of hydrogen-bond acceptors (Lipinski definition) is 4. The Morgan fingerprint density at radius 1 is 1.08 bits per heavy atom. The Morgan fingerprint density at radius 3 is 2.54 bits per heavy atom. The Labute approximate surface area is 137 Å². The van der Waals surface area contributed by atoms with Crippen LogP contribution in [0.3, 0.4) is 0 Å². The minimum atomic E-state index is -1.48. The van der Waals surface area contributed by atoms with Gasteiger partial charge in [-0.3, -0.25) is 25.0 Å². The third-order valence-electron chi connectivity index (χ3n) is 5.23. The van der Waals surface area contributed by atoms with Gasteiger partial charge in [-0.25, -0.2) is 0 Å². The molecule has 4 rings (SSSR count). The molecule has 2 saturated heterocycles. The summed E-state index contributed by atoms with van der Waals surface area (Å²) in [5.74, 6) is -3.73. The summed E-state index contributed by atoms with van der Waals surface area (Å²) in [6, 6.07) is 12.9. The minimum absolute atomic E-state index is 0.416. The van der Waals surface area contributed by atoms with Crippen LogP contribution in [0.15, 0.2) is 42.5 Å². The molecule has 3 N–H and O–H groups in total. The van der Waals surface area contributed by atoms with Gasteiger partial charge < -0.3 is 5.11 Å². The molecule has 0 radical (unpaired) electrons. The first kappa shape index (κ1) is 14.8. The number of carbonyl (C=O) groups excluding carboxylic acids is 2. The molecule has 2 aromatic carbocycles. The molecule has 2 amide bonds. The first-order valence-corrected chi connectivity index (χ1v) is 7.77. The van der Waals surface area contributed by atoms with Gasteiger partial charge in [0.05, 0.1) is 11.8 Å². The second kappa shape index (κ2) is 4.88. The Morgan fingerprint density at radius 2 is 1.79 bits per heavy atom. The van der Waals surface area contributed by atoms with Crippen LogP contribution in [0.4, 0.5) is 0 Å². The van der Waals surface area contributed by atoms with Crippen molar-refractivity contribution in [2.75, 3.05) is 0 Å². The van der Waals surface area contributed by atoms with E-state index in [4.69, 9.17) is 0 Å². The maximum Gasteiger partial charge on any atom is 0.324 e. The molecule has 4 atom stereocenters. The number of carboxylic acid groups (broad SMARTS) is 1. The highest BCUT2D eigenvalue weighted by Crippen LogP contribution is 2.47. The van der Waals surface area contributed by atoms with Crippen LogP contribution in [-0.4, -0.2) is 28.4 Å². The number of aliphatic carboxylic acids is 1. The van der Waals surface area contributed by atoms with Gasteiger partial charge in [0.1, 0.15) is 5.54 Å². The molecule has 122 valence electrons. The van der Waals surface area contributed by atoms with E-state index in [2.05, 4.69) is 10.6 Å². The highest BCUT2D eigenvalue weighted by Gasteiger charge is 2.64. The number of benzene rings is 2. The van der Waals surface area contributed by atoms with E-state index < -0.39 is 41.2 Å². The number of carboxylic acids is 1. The number of nitrogens with one attached hydrogen (secondary N) is 2. The maximum absolute atomic E-state index is 12.3. The molecule has 24 heavy (non-hydrogen) atoms. The second-order valence-corrected chi connectivity index (χ2v) is 6.55. The van der Waals surface area contributed by atoms with Gasteiger partial charge >= 0.3 is 5.97 Å². The van der Waals surface area contributed by atoms with Crippen LogP contribution in [0.1, 0.15) is 18.5 Å². The van der Waals surface area contributed by atoms with Crippen LogP contribution in [0.5, 0.6) is 0 Å². The summed E-state index contributed by atoms with van der Waals surface area (Å²) in [5.41, 5.74) is -0.652. The fourth-order valence-electron chi connectivity index (χ4n) is 4.05. The third kappa shape index (κ3) is 1.83. The predicted molar refractivity (Wildman–Crippen MR) is 86.0 cm³/mol. The summed E-state index contributed by atoms with van der Waals surface area (Å²) in [5, 5.41) is 16.9.